The number of aromatic nitrogens is 2. The van der Waals surface area contributed by atoms with Crippen molar-refractivity contribution in [1.29, 1.82) is 0 Å². The maximum atomic E-state index is 13.5. The molecule has 1 heterocycles. The summed E-state index contributed by atoms with van der Waals surface area (Å²) in [5.74, 6) is -0.907. The summed E-state index contributed by atoms with van der Waals surface area (Å²) in [6.45, 7) is 0.268. The fourth-order valence-electron chi connectivity index (χ4n) is 1.46. The van der Waals surface area contributed by atoms with Crippen LogP contribution >= 0.6 is 0 Å². The van der Waals surface area contributed by atoms with E-state index in [1.807, 2.05) is 0 Å². The van der Waals surface area contributed by atoms with Crippen LogP contribution in [0.1, 0.15) is 11.4 Å². The van der Waals surface area contributed by atoms with Crippen LogP contribution < -0.4 is 5.32 Å². The van der Waals surface area contributed by atoms with Crippen LogP contribution in [0, 0.1) is 5.82 Å². The topological polar surface area (TPSA) is 51.0 Å². The molecule has 1 aromatic heterocycles. The minimum absolute atomic E-state index is 0.231. The fourth-order valence-corrected chi connectivity index (χ4v) is 1.46. The standard InChI is InChI=1S/C11H9F4N3O/c1-16-5-9-17-10(19-18-9)7-4-6(11(13,14)15)2-3-8(7)12/h2-4,16H,5H2,1H3. The van der Waals surface area contributed by atoms with Crippen LogP contribution in [0.4, 0.5) is 17.6 Å². The van der Waals surface area contributed by atoms with Gasteiger partial charge < -0.3 is 9.84 Å². The highest BCUT2D eigenvalue weighted by atomic mass is 19.4. The zero-order valence-corrected chi connectivity index (χ0v) is 9.75. The molecule has 8 heteroatoms. The van der Waals surface area contributed by atoms with Gasteiger partial charge in [0.25, 0.3) is 5.89 Å². The minimum atomic E-state index is -4.56. The van der Waals surface area contributed by atoms with Crippen LogP contribution in [0.3, 0.4) is 0 Å². The first-order valence-electron chi connectivity index (χ1n) is 5.26. The summed E-state index contributed by atoms with van der Waals surface area (Å²) < 4.78 is 55.9. The molecule has 0 radical (unpaired) electrons. The van der Waals surface area contributed by atoms with Gasteiger partial charge >= 0.3 is 6.18 Å². The molecule has 0 atom stereocenters. The van der Waals surface area contributed by atoms with Crippen molar-refractivity contribution >= 4 is 0 Å². The number of nitrogens with zero attached hydrogens (tertiary/aromatic N) is 2. The normalized spacial score (nSPS) is 11.8. The Hall–Kier alpha value is -1.96. The van der Waals surface area contributed by atoms with E-state index >= 15 is 0 Å². The molecule has 0 amide bonds. The Morgan fingerprint density at radius 2 is 2.05 bits per heavy atom. The summed E-state index contributed by atoms with van der Waals surface area (Å²) in [7, 11) is 1.64. The van der Waals surface area contributed by atoms with E-state index in [1.165, 1.54) is 0 Å². The first kappa shape index (κ1) is 13.5. The highest BCUT2D eigenvalue weighted by Gasteiger charge is 2.31. The molecule has 1 N–H and O–H groups in total. The first-order valence-corrected chi connectivity index (χ1v) is 5.26. The van der Waals surface area contributed by atoms with Gasteiger partial charge in [-0.2, -0.15) is 18.2 Å². The Labute approximate surface area is 105 Å². The van der Waals surface area contributed by atoms with Gasteiger partial charge in [0, 0.05) is 0 Å². The van der Waals surface area contributed by atoms with Gasteiger partial charge in [0.2, 0.25) is 0 Å². The number of benzene rings is 1. The number of nitrogens with one attached hydrogen (secondary N) is 1. The van der Waals surface area contributed by atoms with Gasteiger partial charge in [-0.15, -0.1) is 0 Å². The number of alkyl halides is 3. The van der Waals surface area contributed by atoms with Crippen molar-refractivity contribution in [3.8, 4) is 11.5 Å². The van der Waals surface area contributed by atoms with E-state index in [0.29, 0.717) is 12.1 Å². The highest BCUT2D eigenvalue weighted by molar-refractivity contribution is 5.55. The maximum Gasteiger partial charge on any atom is 0.416 e. The molecular formula is C11H9F4N3O. The average molecular weight is 275 g/mol. The summed E-state index contributed by atoms with van der Waals surface area (Å²) in [6.07, 6.45) is -4.56. The molecule has 0 aliphatic carbocycles. The van der Waals surface area contributed by atoms with E-state index in [9.17, 15) is 17.6 Å². The quantitative estimate of drug-likeness (QED) is 0.875. The van der Waals surface area contributed by atoms with Crippen LogP contribution in [-0.2, 0) is 12.7 Å². The van der Waals surface area contributed by atoms with E-state index in [1.54, 1.807) is 7.05 Å². The van der Waals surface area contributed by atoms with Crippen molar-refractivity contribution in [3.63, 3.8) is 0 Å². The molecule has 0 bridgehead atoms. The van der Waals surface area contributed by atoms with Crippen molar-refractivity contribution in [2.45, 2.75) is 12.7 Å². The summed E-state index contributed by atoms with van der Waals surface area (Å²) in [6, 6.07) is 2.02. The predicted octanol–water partition coefficient (Wildman–Crippen LogP) is 2.61. The van der Waals surface area contributed by atoms with Gasteiger partial charge in [-0.25, -0.2) is 4.39 Å². The van der Waals surface area contributed by atoms with Gasteiger partial charge in [-0.3, -0.25) is 0 Å². The maximum absolute atomic E-state index is 13.5. The Balaban J connectivity index is 2.42. The van der Waals surface area contributed by atoms with Crippen molar-refractivity contribution in [2.24, 2.45) is 0 Å². The smallest absolute Gasteiger partial charge is 0.334 e. The number of rotatable bonds is 3. The first-order chi connectivity index (χ1) is 8.91. The molecule has 1 aromatic carbocycles. The van der Waals surface area contributed by atoms with E-state index in [-0.39, 0.29) is 23.8 Å². The Kier molecular flexibility index (Phi) is 3.52. The van der Waals surface area contributed by atoms with E-state index < -0.39 is 17.6 Å². The molecule has 19 heavy (non-hydrogen) atoms. The fraction of sp³-hybridized carbons (Fsp3) is 0.273. The summed E-state index contributed by atoms with van der Waals surface area (Å²) >= 11 is 0. The number of halogens is 4. The molecule has 0 fully saturated rings. The SMILES string of the molecule is CNCc1noc(-c2cc(C(F)(F)F)ccc2F)n1. The van der Waals surface area contributed by atoms with Crippen molar-refractivity contribution in [2.75, 3.05) is 7.05 Å². The second-order valence-corrected chi connectivity index (χ2v) is 3.74. The third kappa shape index (κ3) is 2.90. The lowest BCUT2D eigenvalue weighted by Crippen LogP contribution is -2.06. The minimum Gasteiger partial charge on any atom is -0.334 e. The molecule has 0 aliphatic rings. The van der Waals surface area contributed by atoms with Gasteiger partial charge in [0.15, 0.2) is 5.82 Å². The van der Waals surface area contributed by atoms with Crippen LogP contribution in [0.2, 0.25) is 0 Å². The second-order valence-electron chi connectivity index (χ2n) is 3.74. The van der Waals surface area contributed by atoms with Crippen LogP contribution in [0.5, 0.6) is 0 Å². The predicted molar refractivity (Wildman–Crippen MR) is 57.5 cm³/mol. The molecule has 0 saturated carbocycles. The average Bonchev–Trinajstić information content (AvgIpc) is 2.77. The molecule has 0 aliphatic heterocycles. The van der Waals surface area contributed by atoms with E-state index in [4.69, 9.17) is 4.52 Å². The molecule has 102 valence electrons. The third-order valence-electron chi connectivity index (χ3n) is 2.33. The molecule has 4 nitrogen and oxygen atoms in total. The summed E-state index contributed by atoms with van der Waals surface area (Å²) in [5, 5.41) is 6.26. The lowest BCUT2D eigenvalue weighted by atomic mass is 10.1. The molecular weight excluding hydrogens is 266 g/mol. The van der Waals surface area contributed by atoms with Gasteiger partial charge in [0.1, 0.15) is 5.82 Å². The lowest BCUT2D eigenvalue weighted by molar-refractivity contribution is -0.137. The largest absolute Gasteiger partial charge is 0.416 e. The molecule has 0 saturated heterocycles. The van der Waals surface area contributed by atoms with Crippen LogP contribution in [0.15, 0.2) is 22.7 Å². The Morgan fingerprint density at radius 1 is 1.32 bits per heavy atom. The van der Waals surface area contributed by atoms with E-state index in [0.717, 1.165) is 6.07 Å². The third-order valence-corrected chi connectivity index (χ3v) is 2.33. The summed E-state index contributed by atoms with van der Waals surface area (Å²) in [4.78, 5) is 3.81. The monoisotopic (exact) mass is 275 g/mol. The van der Waals surface area contributed by atoms with E-state index in [2.05, 4.69) is 15.5 Å². The van der Waals surface area contributed by atoms with Crippen LogP contribution in [-0.4, -0.2) is 17.2 Å². The number of hydrogen-bond acceptors (Lipinski definition) is 4. The second kappa shape index (κ2) is 4.96. The Morgan fingerprint density at radius 3 is 2.68 bits per heavy atom. The van der Waals surface area contributed by atoms with Gasteiger partial charge in [-0.05, 0) is 25.2 Å². The molecule has 2 rings (SSSR count). The van der Waals surface area contributed by atoms with Gasteiger partial charge in [0.05, 0.1) is 17.7 Å². The van der Waals surface area contributed by atoms with Crippen molar-refractivity contribution in [3.05, 3.63) is 35.4 Å². The Bertz CT molecular complexity index is 580. The molecule has 0 unspecified atom stereocenters. The lowest BCUT2D eigenvalue weighted by Gasteiger charge is -2.07. The zero-order chi connectivity index (χ0) is 14.0. The molecule has 0 spiro atoms. The highest BCUT2D eigenvalue weighted by Crippen LogP contribution is 2.33. The zero-order valence-electron chi connectivity index (χ0n) is 9.75. The van der Waals surface area contributed by atoms with Crippen molar-refractivity contribution < 1.29 is 22.1 Å². The van der Waals surface area contributed by atoms with Crippen LogP contribution in [0.25, 0.3) is 11.5 Å². The summed E-state index contributed by atoms with van der Waals surface area (Å²) in [5.41, 5.74) is -1.35. The van der Waals surface area contributed by atoms with Crippen molar-refractivity contribution in [1.82, 2.24) is 15.5 Å². The van der Waals surface area contributed by atoms with Gasteiger partial charge in [-0.1, -0.05) is 5.16 Å². The molecule has 2 aromatic rings. The number of hydrogen-bond donors (Lipinski definition) is 1.